The van der Waals surface area contributed by atoms with Gasteiger partial charge in [0, 0.05) is 5.69 Å². The van der Waals surface area contributed by atoms with E-state index in [2.05, 4.69) is 85.0 Å². The highest BCUT2D eigenvalue weighted by molar-refractivity contribution is 5.82. The lowest BCUT2D eigenvalue weighted by Gasteiger charge is -2.32. The van der Waals surface area contributed by atoms with Crippen LogP contribution >= 0.6 is 0 Å². The molecule has 3 aromatic carbocycles. The van der Waals surface area contributed by atoms with E-state index >= 15 is 0 Å². The average molecular weight is 317 g/mol. The first-order chi connectivity index (χ1) is 11.9. The van der Waals surface area contributed by atoms with Crippen molar-refractivity contribution in [3.63, 3.8) is 0 Å². The van der Waals surface area contributed by atoms with Crippen LogP contribution in [-0.4, -0.2) is 0 Å². The fourth-order valence-electron chi connectivity index (χ4n) is 3.26. The number of benzene rings is 3. The van der Waals surface area contributed by atoms with Crippen molar-refractivity contribution in [3.8, 4) is 0 Å². The van der Waals surface area contributed by atoms with Crippen LogP contribution in [0.25, 0.3) is 10.8 Å². The molecule has 0 saturated carbocycles. The number of hydrogen-bond acceptors (Lipinski definition) is 1. The second-order valence-corrected chi connectivity index (χ2v) is 6.48. The number of para-hydroxylation sites is 1. The van der Waals surface area contributed by atoms with Gasteiger partial charge in [-0.25, -0.2) is 0 Å². The normalized spacial score (nSPS) is 14.8. The van der Waals surface area contributed by atoms with E-state index in [1.807, 2.05) is 0 Å². The molecule has 24 heavy (non-hydrogen) atoms. The van der Waals surface area contributed by atoms with Crippen LogP contribution in [-0.2, 0) is 0 Å². The molecule has 1 aliphatic rings. The molecule has 0 aromatic heterocycles. The summed E-state index contributed by atoms with van der Waals surface area (Å²) >= 11 is 0. The number of nitrogens with one attached hydrogen (secondary N) is 1. The van der Waals surface area contributed by atoms with Crippen LogP contribution < -0.4 is 5.32 Å². The number of hydrogen-bond donors (Lipinski definition) is 1. The van der Waals surface area contributed by atoms with Gasteiger partial charge in [-0.15, -0.1) is 0 Å². The zero-order chi connectivity index (χ0) is 16.6. The molecule has 124 valence electrons. The van der Waals surface area contributed by atoms with Crippen molar-refractivity contribution in [2.45, 2.75) is 45.1 Å². The van der Waals surface area contributed by atoms with Gasteiger partial charge in [0.25, 0.3) is 0 Å². The summed E-state index contributed by atoms with van der Waals surface area (Å²) in [4.78, 5) is 0. The van der Waals surface area contributed by atoms with Gasteiger partial charge in [0.1, 0.15) is 0 Å². The predicted octanol–water partition coefficient (Wildman–Crippen LogP) is 6.96. The smallest absolute Gasteiger partial charge is 0.0534 e. The molecule has 1 aliphatic heterocycles. The maximum atomic E-state index is 3.50. The standard InChI is InChI=1S/C13H19N.C10H8/c1-2-3-4-5-9-12-11-8-6-7-10-13(11)14-12;1-2-6-10-8-4-3-7-9(10)5-1/h6-8,10,12,14H,2-5,9H2,1H3;1-8H. The SMILES string of the molecule is CCCCCCC1Nc2ccccc21.c1ccc2ccccc2c1. The van der Waals surface area contributed by atoms with E-state index in [9.17, 15) is 0 Å². The molecule has 0 fully saturated rings. The van der Waals surface area contributed by atoms with Crippen molar-refractivity contribution < 1.29 is 0 Å². The van der Waals surface area contributed by atoms with Crippen molar-refractivity contribution in [1.82, 2.24) is 0 Å². The van der Waals surface area contributed by atoms with E-state index in [4.69, 9.17) is 0 Å². The Balaban J connectivity index is 0.000000149. The third kappa shape index (κ3) is 4.17. The number of rotatable bonds is 5. The molecule has 0 bridgehead atoms. The van der Waals surface area contributed by atoms with Gasteiger partial charge in [-0.2, -0.15) is 0 Å². The Bertz CT molecular complexity index is 697. The summed E-state index contributed by atoms with van der Waals surface area (Å²) < 4.78 is 0. The fourth-order valence-corrected chi connectivity index (χ4v) is 3.26. The van der Waals surface area contributed by atoms with E-state index in [1.54, 1.807) is 0 Å². The Morgan fingerprint density at radius 1 is 0.708 bits per heavy atom. The van der Waals surface area contributed by atoms with Crippen molar-refractivity contribution in [2.75, 3.05) is 5.32 Å². The van der Waals surface area contributed by atoms with Gasteiger partial charge < -0.3 is 5.32 Å². The van der Waals surface area contributed by atoms with Crippen LogP contribution in [0.5, 0.6) is 0 Å². The van der Waals surface area contributed by atoms with Gasteiger partial charge in [-0.3, -0.25) is 0 Å². The second-order valence-electron chi connectivity index (χ2n) is 6.48. The van der Waals surface area contributed by atoms with Gasteiger partial charge in [-0.1, -0.05) is 99.3 Å². The average Bonchev–Trinajstić information content (AvgIpc) is 2.63. The summed E-state index contributed by atoms with van der Waals surface area (Å²) in [5.74, 6) is 0. The Morgan fingerprint density at radius 2 is 1.29 bits per heavy atom. The number of fused-ring (bicyclic) bond motifs is 2. The first kappa shape index (κ1) is 16.6. The van der Waals surface area contributed by atoms with E-state index in [0.29, 0.717) is 6.04 Å². The summed E-state index contributed by atoms with van der Waals surface area (Å²) in [5, 5.41) is 6.12. The van der Waals surface area contributed by atoms with Crippen molar-refractivity contribution >= 4 is 16.5 Å². The molecule has 0 radical (unpaired) electrons. The zero-order valence-electron chi connectivity index (χ0n) is 14.5. The van der Waals surface area contributed by atoms with Crippen LogP contribution in [0.3, 0.4) is 0 Å². The minimum Gasteiger partial charge on any atom is -0.378 e. The minimum absolute atomic E-state index is 0.642. The Hall–Kier alpha value is -2.28. The van der Waals surface area contributed by atoms with Gasteiger partial charge in [0.05, 0.1) is 6.04 Å². The molecule has 1 N–H and O–H groups in total. The maximum Gasteiger partial charge on any atom is 0.0534 e. The largest absolute Gasteiger partial charge is 0.378 e. The van der Waals surface area contributed by atoms with E-state index in [1.165, 1.54) is 54.1 Å². The Labute approximate surface area is 145 Å². The van der Waals surface area contributed by atoms with Gasteiger partial charge in [-0.05, 0) is 28.8 Å². The Morgan fingerprint density at radius 3 is 1.88 bits per heavy atom. The highest BCUT2D eigenvalue weighted by Crippen LogP contribution is 2.38. The lowest BCUT2D eigenvalue weighted by atomic mass is 9.92. The quantitative estimate of drug-likeness (QED) is 0.501. The minimum atomic E-state index is 0.642. The van der Waals surface area contributed by atoms with Gasteiger partial charge in [0.2, 0.25) is 0 Å². The maximum absolute atomic E-state index is 3.50. The monoisotopic (exact) mass is 317 g/mol. The summed E-state index contributed by atoms with van der Waals surface area (Å²) in [6, 6.07) is 26.0. The van der Waals surface area contributed by atoms with Crippen LogP contribution in [0.1, 0.15) is 50.6 Å². The molecule has 1 heteroatoms. The van der Waals surface area contributed by atoms with E-state index < -0.39 is 0 Å². The third-order valence-corrected chi connectivity index (χ3v) is 4.67. The van der Waals surface area contributed by atoms with Crippen LogP contribution in [0.15, 0.2) is 72.8 Å². The van der Waals surface area contributed by atoms with Gasteiger partial charge >= 0.3 is 0 Å². The predicted molar refractivity (Wildman–Crippen MR) is 106 cm³/mol. The summed E-state index contributed by atoms with van der Waals surface area (Å²) in [6.45, 7) is 2.26. The summed E-state index contributed by atoms with van der Waals surface area (Å²) in [7, 11) is 0. The third-order valence-electron chi connectivity index (χ3n) is 4.67. The molecule has 1 unspecified atom stereocenters. The molecule has 0 spiro atoms. The first-order valence-electron chi connectivity index (χ1n) is 9.17. The fraction of sp³-hybridized carbons (Fsp3) is 0.304. The van der Waals surface area contributed by atoms with E-state index in [-0.39, 0.29) is 0 Å². The molecule has 4 rings (SSSR count). The molecule has 0 aliphatic carbocycles. The molecule has 1 heterocycles. The summed E-state index contributed by atoms with van der Waals surface area (Å²) in [6.07, 6.45) is 6.76. The molecule has 1 nitrogen and oxygen atoms in total. The van der Waals surface area contributed by atoms with Crippen LogP contribution in [0.4, 0.5) is 5.69 Å². The van der Waals surface area contributed by atoms with E-state index in [0.717, 1.165) is 0 Å². The lowest BCUT2D eigenvalue weighted by molar-refractivity contribution is 0.570. The highest BCUT2D eigenvalue weighted by atomic mass is 15.0. The van der Waals surface area contributed by atoms with Crippen LogP contribution in [0.2, 0.25) is 0 Å². The Kier molecular flexibility index (Phi) is 5.90. The highest BCUT2D eigenvalue weighted by Gasteiger charge is 2.23. The first-order valence-corrected chi connectivity index (χ1v) is 9.17. The summed E-state index contributed by atoms with van der Waals surface area (Å²) in [5.41, 5.74) is 2.86. The molecule has 1 atom stereocenters. The lowest BCUT2D eigenvalue weighted by Crippen LogP contribution is -2.22. The zero-order valence-corrected chi connectivity index (χ0v) is 14.5. The molecule has 0 saturated heterocycles. The number of anilines is 1. The van der Waals surface area contributed by atoms with Crippen molar-refractivity contribution in [2.24, 2.45) is 0 Å². The van der Waals surface area contributed by atoms with Crippen molar-refractivity contribution in [3.05, 3.63) is 78.4 Å². The molecule has 3 aromatic rings. The molecule has 0 amide bonds. The van der Waals surface area contributed by atoms with Crippen LogP contribution in [0, 0.1) is 0 Å². The molecular weight excluding hydrogens is 290 g/mol. The van der Waals surface area contributed by atoms with Gasteiger partial charge in [0.15, 0.2) is 0 Å². The second kappa shape index (κ2) is 8.54. The molecular formula is C23H27N. The van der Waals surface area contributed by atoms with Crippen molar-refractivity contribution in [1.29, 1.82) is 0 Å². The number of unbranched alkanes of at least 4 members (excludes halogenated alkanes) is 3. The topological polar surface area (TPSA) is 12.0 Å².